The van der Waals surface area contributed by atoms with Crippen molar-refractivity contribution in [2.75, 3.05) is 0 Å². The number of benzene rings is 1. The molecule has 0 bridgehead atoms. The molecule has 0 aliphatic rings. The fourth-order valence-corrected chi connectivity index (χ4v) is 2.15. The van der Waals surface area contributed by atoms with Crippen LogP contribution in [0.15, 0.2) is 61.3 Å². The molecule has 1 aromatic carbocycles. The Balaban J connectivity index is 1.65. The Morgan fingerprint density at radius 1 is 1.00 bits per heavy atom. The second kappa shape index (κ2) is 5.25. The molecule has 22 heavy (non-hydrogen) atoms. The SMILES string of the molecule is c1cncc(-c2ccnc(Oc3ccc4nc[nH]c4c3)n2)c1. The van der Waals surface area contributed by atoms with Crippen molar-refractivity contribution in [2.24, 2.45) is 0 Å². The Hall–Kier alpha value is -3.28. The molecule has 3 heterocycles. The molecule has 106 valence electrons. The van der Waals surface area contributed by atoms with Crippen LogP contribution in [0.1, 0.15) is 0 Å². The molecule has 0 spiro atoms. The van der Waals surface area contributed by atoms with Crippen molar-refractivity contribution in [3.63, 3.8) is 0 Å². The first kappa shape index (κ1) is 12.5. The lowest BCUT2D eigenvalue weighted by Gasteiger charge is -2.05. The van der Waals surface area contributed by atoms with Gasteiger partial charge in [-0.2, -0.15) is 4.98 Å². The summed E-state index contributed by atoms with van der Waals surface area (Å²) in [5.74, 6) is 0.653. The van der Waals surface area contributed by atoms with Crippen molar-refractivity contribution in [3.05, 3.63) is 61.3 Å². The lowest BCUT2D eigenvalue weighted by Crippen LogP contribution is -1.93. The molecule has 0 saturated carbocycles. The maximum atomic E-state index is 5.73. The van der Waals surface area contributed by atoms with Gasteiger partial charge in [-0.15, -0.1) is 0 Å². The topological polar surface area (TPSA) is 76.6 Å². The van der Waals surface area contributed by atoms with E-state index in [9.17, 15) is 0 Å². The highest BCUT2D eigenvalue weighted by atomic mass is 16.5. The molecule has 3 aromatic heterocycles. The van der Waals surface area contributed by atoms with Gasteiger partial charge in [0.1, 0.15) is 5.75 Å². The molecule has 0 unspecified atom stereocenters. The molecule has 0 aliphatic carbocycles. The van der Waals surface area contributed by atoms with Crippen molar-refractivity contribution in [1.29, 1.82) is 0 Å². The van der Waals surface area contributed by atoms with E-state index in [2.05, 4.69) is 24.9 Å². The lowest BCUT2D eigenvalue weighted by molar-refractivity contribution is 0.443. The first-order valence-corrected chi connectivity index (χ1v) is 6.73. The van der Waals surface area contributed by atoms with Gasteiger partial charge in [0.2, 0.25) is 0 Å². The lowest BCUT2D eigenvalue weighted by atomic mass is 10.2. The Morgan fingerprint density at radius 3 is 2.91 bits per heavy atom. The molecule has 4 rings (SSSR count). The molecule has 0 fully saturated rings. The number of hydrogen-bond acceptors (Lipinski definition) is 5. The van der Waals surface area contributed by atoms with Crippen molar-refractivity contribution in [2.45, 2.75) is 0 Å². The summed E-state index contributed by atoms with van der Waals surface area (Å²) in [7, 11) is 0. The van der Waals surface area contributed by atoms with E-state index in [1.807, 2.05) is 36.4 Å². The monoisotopic (exact) mass is 289 g/mol. The summed E-state index contributed by atoms with van der Waals surface area (Å²) >= 11 is 0. The van der Waals surface area contributed by atoms with E-state index >= 15 is 0 Å². The second-order valence-electron chi connectivity index (χ2n) is 4.65. The standard InChI is InChI=1S/C16H11N5O/c1-2-11(9-17-6-1)13-5-7-18-16(21-13)22-12-3-4-14-15(8-12)20-10-19-14/h1-10H,(H,19,20). The first-order valence-electron chi connectivity index (χ1n) is 6.73. The Kier molecular flexibility index (Phi) is 2.97. The van der Waals surface area contributed by atoms with E-state index in [1.54, 1.807) is 24.9 Å². The van der Waals surface area contributed by atoms with E-state index in [0.29, 0.717) is 11.8 Å². The van der Waals surface area contributed by atoms with Crippen LogP contribution in [0.2, 0.25) is 0 Å². The second-order valence-corrected chi connectivity index (χ2v) is 4.65. The molecule has 6 nitrogen and oxygen atoms in total. The number of ether oxygens (including phenoxy) is 1. The molecular formula is C16H11N5O. The van der Waals surface area contributed by atoms with Gasteiger partial charge in [0, 0.05) is 30.2 Å². The van der Waals surface area contributed by atoms with Gasteiger partial charge in [-0.3, -0.25) is 4.98 Å². The molecule has 0 amide bonds. The highest BCUT2D eigenvalue weighted by Crippen LogP contribution is 2.23. The summed E-state index contributed by atoms with van der Waals surface area (Å²) in [6.45, 7) is 0. The summed E-state index contributed by atoms with van der Waals surface area (Å²) in [4.78, 5) is 19.9. The van der Waals surface area contributed by atoms with Crippen LogP contribution in [0, 0.1) is 0 Å². The van der Waals surface area contributed by atoms with Crippen LogP contribution in [0.25, 0.3) is 22.3 Å². The smallest absolute Gasteiger partial charge is 0.322 e. The zero-order valence-corrected chi connectivity index (χ0v) is 11.5. The van der Waals surface area contributed by atoms with Crippen LogP contribution in [0.5, 0.6) is 11.8 Å². The Bertz CT molecular complexity index is 920. The van der Waals surface area contributed by atoms with Crippen LogP contribution in [0.4, 0.5) is 0 Å². The number of nitrogens with one attached hydrogen (secondary N) is 1. The molecule has 6 heteroatoms. The molecule has 0 atom stereocenters. The minimum atomic E-state index is 0.292. The summed E-state index contributed by atoms with van der Waals surface area (Å²) < 4.78 is 5.73. The van der Waals surface area contributed by atoms with Gasteiger partial charge in [-0.1, -0.05) is 0 Å². The van der Waals surface area contributed by atoms with Crippen molar-refractivity contribution in [3.8, 4) is 23.0 Å². The summed E-state index contributed by atoms with van der Waals surface area (Å²) in [6.07, 6.45) is 6.79. The Morgan fingerprint density at radius 2 is 2.00 bits per heavy atom. The largest absolute Gasteiger partial charge is 0.424 e. The number of hydrogen-bond donors (Lipinski definition) is 1. The van der Waals surface area contributed by atoms with E-state index in [1.165, 1.54) is 0 Å². The van der Waals surface area contributed by atoms with E-state index in [0.717, 1.165) is 22.3 Å². The first-order chi connectivity index (χ1) is 10.9. The fraction of sp³-hybridized carbons (Fsp3) is 0. The van der Waals surface area contributed by atoms with Gasteiger partial charge in [0.05, 0.1) is 23.1 Å². The molecule has 0 radical (unpaired) electrons. The van der Waals surface area contributed by atoms with Gasteiger partial charge in [0.25, 0.3) is 0 Å². The van der Waals surface area contributed by atoms with Crippen molar-refractivity contribution in [1.82, 2.24) is 24.9 Å². The number of aromatic nitrogens is 5. The number of nitrogens with zero attached hydrogens (tertiary/aromatic N) is 4. The predicted molar refractivity (Wildman–Crippen MR) is 81.4 cm³/mol. The maximum Gasteiger partial charge on any atom is 0.322 e. The van der Waals surface area contributed by atoms with Crippen LogP contribution in [-0.4, -0.2) is 24.9 Å². The molecule has 0 saturated heterocycles. The number of imidazole rings is 1. The number of aromatic amines is 1. The summed E-state index contributed by atoms with van der Waals surface area (Å²) in [5.41, 5.74) is 3.47. The highest BCUT2D eigenvalue weighted by molar-refractivity contribution is 5.76. The quantitative estimate of drug-likeness (QED) is 0.626. The van der Waals surface area contributed by atoms with Crippen LogP contribution in [0.3, 0.4) is 0 Å². The average Bonchev–Trinajstić information content (AvgIpc) is 3.04. The Labute approximate surface area is 125 Å². The van der Waals surface area contributed by atoms with Gasteiger partial charge >= 0.3 is 6.01 Å². The zero-order valence-electron chi connectivity index (χ0n) is 11.5. The summed E-state index contributed by atoms with van der Waals surface area (Å²) in [5, 5.41) is 0. The maximum absolute atomic E-state index is 5.73. The third-order valence-electron chi connectivity index (χ3n) is 3.19. The van der Waals surface area contributed by atoms with Crippen LogP contribution < -0.4 is 4.74 Å². The molecule has 0 aliphatic heterocycles. The molecule has 4 aromatic rings. The third kappa shape index (κ3) is 2.37. The highest BCUT2D eigenvalue weighted by Gasteiger charge is 2.06. The fourth-order valence-electron chi connectivity index (χ4n) is 2.15. The zero-order chi connectivity index (χ0) is 14.8. The number of rotatable bonds is 3. The summed E-state index contributed by atoms with van der Waals surface area (Å²) in [6, 6.07) is 11.5. The van der Waals surface area contributed by atoms with Crippen LogP contribution in [-0.2, 0) is 0 Å². The van der Waals surface area contributed by atoms with E-state index in [4.69, 9.17) is 4.74 Å². The van der Waals surface area contributed by atoms with Gasteiger partial charge in [0.15, 0.2) is 0 Å². The number of H-pyrrole nitrogens is 1. The number of fused-ring (bicyclic) bond motifs is 1. The molecular weight excluding hydrogens is 278 g/mol. The molecule has 1 N–H and O–H groups in total. The normalized spacial score (nSPS) is 10.7. The minimum Gasteiger partial charge on any atom is -0.424 e. The predicted octanol–water partition coefficient (Wildman–Crippen LogP) is 3.21. The third-order valence-corrected chi connectivity index (χ3v) is 3.19. The van der Waals surface area contributed by atoms with E-state index < -0.39 is 0 Å². The van der Waals surface area contributed by atoms with E-state index in [-0.39, 0.29) is 0 Å². The van der Waals surface area contributed by atoms with Gasteiger partial charge in [-0.25, -0.2) is 9.97 Å². The number of pyridine rings is 1. The van der Waals surface area contributed by atoms with Crippen molar-refractivity contribution < 1.29 is 4.74 Å². The minimum absolute atomic E-state index is 0.292. The average molecular weight is 289 g/mol. The van der Waals surface area contributed by atoms with Gasteiger partial charge in [-0.05, 0) is 30.3 Å². The van der Waals surface area contributed by atoms with Gasteiger partial charge < -0.3 is 9.72 Å². The van der Waals surface area contributed by atoms with Crippen molar-refractivity contribution >= 4 is 11.0 Å². The van der Waals surface area contributed by atoms with Crippen LogP contribution >= 0.6 is 0 Å².